The summed E-state index contributed by atoms with van der Waals surface area (Å²) in [6.45, 7) is 7.09. The third-order valence-electron chi connectivity index (χ3n) is 10.5. The monoisotopic (exact) mass is 570 g/mol. The summed E-state index contributed by atoms with van der Waals surface area (Å²) in [5, 5.41) is 15.1. The van der Waals surface area contributed by atoms with Crippen molar-refractivity contribution in [2.75, 3.05) is 7.11 Å². The molecular formula is C39H38O4. The summed E-state index contributed by atoms with van der Waals surface area (Å²) >= 11 is 0. The molecule has 4 heteroatoms. The minimum absolute atomic E-state index is 0.0365. The number of carbonyl (C=O) groups excluding carboxylic acids is 1. The first-order valence-corrected chi connectivity index (χ1v) is 15.3. The van der Waals surface area contributed by atoms with Crippen molar-refractivity contribution in [2.24, 2.45) is 11.3 Å². The van der Waals surface area contributed by atoms with Crippen molar-refractivity contribution in [3.63, 3.8) is 0 Å². The van der Waals surface area contributed by atoms with E-state index < -0.39 is 5.92 Å². The summed E-state index contributed by atoms with van der Waals surface area (Å²) in [6, 6.07) is 29.8. The van der Waals surface area contributed by atoms with E-state index in [-0.39, 0.29) is 22.5 Å². The summed E-state index contributed by atoms with van der Waals surface area (Å²) in [4.78, 5) is 14.4. The summed E-state index contributed by atoms with van der Waals surface area (Å²) in [5.41, 5.74) is 3.71. The molecule has 4 nitrogen and oxygen atoms in total. The molecule has 2 aliphatic rings. The van der Waals surface area contributed by atoms with Gasteiger partial charge >= 0.3 is 5.97 Å². The molecule has 0 aromatic heterocycles. The maximum Gasteiger partial charge on any atom is 0.318 e. The lowest BCUT2D eigenvalue weighted by Gasteiger charge is -2.55. The first-order valence-electron chi connectivity index (χ1n) is 15.3. The minimum Gasteiger partial charge on any atom is -0.507 e. The van der Waals surface area contributed by atoms with Crippen LogP contribution in [-0.4, -0.2) is 18.2 Å². The molecule has 2 aliphatic carbocycles. The number of carbonyl (C=O) groups is 1. The molecule has 0 spiro atoms. The predicted molar refractivity (Wildman–Crippen MR) is 173 cm³/mol. The van der Waals surface area contributed by atoms with Gasteiger partial charge < -0.3 is 14.6 Å². The van der Waals surface area contributed by atoms with Gasteiger partial charge in [-0.05, 0) is 92.9 Å². The Morgan fingerprint density at radius 2 is 1.49 bits per heavy atom. The normalized spacial score (nSPS) is 22.5. The van der Waals surface area contributed by atoms with E-state index >= 15 is 0 Å². The zero-order chi connectivity index (χ0) is 29.9. The number of benzene rings is 5. The number of ether oxygens (including phenoxy) is 2. The Balaban J connectivity index is 1.38. The lowest BCUT2D eigenvalue weighted by atomic mass is 9.49. The Morgan fingerprint density at radius 3 is 2.21 bits per heavy atom. The van der Waals surface area contributed by atoms with E-state index in [9.17, 15) is 9.90 Å². The Bertz CT molecular complexity index is 1890. The van der Waals surface area contributed by atoms with Gasteiger partial charge in [0.1, 0.15) is 17.2 Å². The van der Waals surface area contributed by atoms with Crippen LogP contribution >= 0.6 is 0 Å². The molecule has 1 saturated carbocycles. The van der Waals surface area contributed by atoms with E-state index in [1.54, 1.807) is 13.2 Å². The van der Waals surface area contributed by atoms with Crippen LogP contribution in [0.5, 0.6) is 17.2 Å². The van der Waals surface area contributed by atoms with Crippen LogP contribution in [-0.2, 0) is 10.2 Å². The fourth-order valence-corrected chi connectivity index (χ4v) is 8.37. The number of hydrogen-bond acceptors (Lipinski definition) is 4. The molecule has 7 rings (SSSR count). The maximum atomic E-state index is 14.4. The highest BCUT2D eigenvalue weighted by molar-refractivity contribution is 6.10. The Labute approximate surface area is 253 Å². The average Bonchev–Trinajstić information content (AvgIpc) is 3.01. The first kappa shape index (κ1) is 27.5. The van der Waals surface area contributed by atoms with Gasteiger partial charge in [-0.2, -0.15) is 0 Å². The van der Waals surface area contributed by atoms with Crippen LogP contribution in [0, 0.1) is 11.3 Å². The summed E-state index contributed by atoms with van der Waals surface area (Å²) in [6.07, 6.45) is 4.15. The predicted octanol–water partition coefficient (Wildman–Crippen LogP) is 9.55. The number of fused-ring (bicyclic) bond motifs is 5. The molecule has 0 saturated heterocycles. The molecule has 43 heavy (non-hydrogen) atoms. The molecule has 0 radical (unpaired) electrons. The molecule has 0 amide bonds. The number of aromatic hydroxyl groups is 1. The van der Waals surface area contributed by atoms with Gasteiger partial charge in [-0.15, -0.1) is 0 Å². The Morgan fingerprint density at radius 1 is 0.814 bits per heavy atom. The van der Waals surface area contributed by atoms with Crippen LogP contribution in [0.1, 0.15) is 63.5 Å². The quantitative estimate of drug-likeness (QED) is 0.173. The van der Waals surface area contributed by atoms with Crippen molar-refractivity contribution in [3.8, 4) is 28.4 Å². The SMILES string of the molecule is COc1ccc2c(c1)[C@@]1(C)CCCC(C)(C)[C@@H]1CC2C(=O)Oc1ccc2ccccc2c1-c1c(O)ccc2ccccc12. The first-order chi connectivity index (χ1) is 20.7. The third kappa shape index (κ3) is 4.38. The number of rotatable bonds is 4. The van der Waals surface area contributed by atoms with Crippen molar-refractivity contribution in [2.45, 2.75) is 57.8 Å². The molecule has 0 heterocycles. The van der Waals surface area contributed by atoms with Crippen molar-refractivity contribution < 1.29 is 19.4 Å². The van der Waals surface area contributed by atoms with Gasteiger partial charge in [0.05, 0.1) is 13.0 Å². The second-order valence-corrected chi connectivity index (χ2v) is 13.3. The molecule has 1 unspecified atom stereocenters. The number of phenolic OH excluding ortho intramolecular Hbond substituents is 1. The molecular weight excluding hydrogens is 532 g/mol. The third-order valence-corrected chi connectivity index (χ3v) is 10.5. The smallest absolute Gasteiger partial charge is 0.318 e. The summed E-state index contributed by atoms with van der Waals surface area (Å²) in [7, 11) is 1.70. The lowest BCUT2D eigenvalue weighted by molar-refractivity contribution is -0.137. The molecule has 1 N–H and O–H groups in total. The second-order valence-electron chi connectivity index (χ2n) is 13.3. The maximum absolute atomic E-state index is 14.4. The van der Waals surface area contributed by atoms with E-state index in [4.69, 9.17) is 9.47 Å². The summed E-state index contributed by atoms with van der Waals surface area (Å²) in [5.74, 6) is 1.09. The Kier molecular flexibility index (Phi) is 6.50. The zero-order valence-corrected chi connectivity index (χ0v) is 25.3. The van der Waals surface area contributed by atoms with E-state index in [0.717, 1.165) is 57.7 Å². The fourth-order valence-electron chi connectivity index (χ4n) is 8.37. The van der Waals surface area contributed by atoms with Gasteiger partial charge in [0, 0.05) is 11.1 Å². The van der Waals surface area contributed by atoms with E-state index in [1.165, 1.54) is 12.0 Å². The zero-order valence-electron chi connectivity index (χ0n) is 25.3. The van der Waals surface area contributed by atoms with Crippen LogP contribution in [0.25, 0.3) is 32.7 Å². The van der Waals surface area contributed by atoms with Crippen LogP contribution in [0.4, 0.5) is 0 Å². The fraction of sp³-hybridized carbons (Fsp3) is 0.308. The van der Waals surface area contributed by atoms with Crippen molar-refractivity contribution in [1.29, 1.82) is 0 Å². The van der Waals surface area contributed by atoms with Crippen molar-refractivity contribution in [3.05, 3.63) is 102 Å². The van der Waals surface area contributed by atoms with Crippen LogP contribution in [0.3, 0.4) is 0 Å². The van der Waals surface area contributed by atoms with Gasteiger partial charge in [0.15, 0.2) is 0 Å². The Hall–Kier alpha value is -4.31. The largest absolute Gasteiger partial charge is 0.507 e. The van der Waals surface area contributed by atoms with Gasteiger partial charge in [0.25, 0.3) is 0 Å². The van der Waals surface area contributed by atoms with E-state index in [1.807, 2.05) is 72.8 Å². The molecule has 0 aliphatic heterocycles. The van der Waals surface area contributed by atoms with Crippen LogP contribution in [0.15, 0.2) is 91.0 Å². The topological polar surface area (TPSA) is 55.8 Å². The van der Waals surface area contributed by atoms with E-state index in [2.05, 4.69) is 32.9 Å². The highest BCUT2D eigenvalue weighted by Crippen LogP contribution is 2.60. The summed E-state index contributed by atoms with van der Waals surface area (Å²) < 4.78 is 12.1. The number of phenols is 1. The number of methoxy groups -OCH3 is 1. The van der Waals surface area contributed by atoms with Crippen LogP contribution < -0.4 is 9.47 Å². The standard InChI is InChI=1S/C39H38O4/c1-38(2)20-9-21-39(3)31-22-26(42-4)16-17-29(31)30(23-34(38)39)37(41)43-33-19-15-25-11-6-8-13-28(25)36(33)35-27-12-7-5-10-24(27)14-18-32(35)40/h5-8,10-19,22,30,34,40H,9,20-21,23H2,1-4H3/t30?,34-,39+/m0/s1. The minimum atomic E-state index is -0.406. The van der Waals surface area contributed by atoms with Crippen LogP contribution in [0.2, 0.25) is 0 Å². The van der Waals surface area contributed by atoms with Gasteiger partial charge in [-0.25, -0.2) is 0 Å². The highest BCUT2D eigenvalue weighted by atomic mass is 16.5. The highest BCUT2D eigenvalue weighted by Gasteiger charge is 2.53. The second kappa shape index (κ2) is 10.2. The average molecular weight is 571 g/mol. The molecule has 5 aromatic rings. The molecule has 1 fully saturated rings. The van der Waals surface area contributed by atoms with Gasteiger partial charge in [-0.3, -0.25) is 4.79 Å². The molecule has 0 bridgehead atoms. The van der Waals surface area contributed by atoms with E-state index in [0.29, 0.717) is 17.2 Å². The lowest BCUT2D eigenvalue weighted by Crippen LogP contribution is -2.49. The molecule has 5 aromatic carbocycles. The van der Waals surface area contributed by atoms with Gasteiger partial charge in [0.2, 0.25) is 0 Å². The molecule has 3 atom stereocenters. The number of hydrogen-bond donors (Lipinski definition) is 1. The van der Waals surface area contributed by atoms with Crippen molar-refractivity contribution >= 4 is 27.5 Å². The van der Waals surface area contributed by atoms with Gasteiger partial charge in [-0.1, -0.05) is 93.9 Å². The molecule has 218 valence electrons. The van der Waals surface area contributed by atoms with Crippen molar-refractivity contribution in [1.82, 2.24) is 0 Å². The number of esters is 1.